The summed E-state index contributed by atoms with van der Waals surface area (Å²) in [6.45, 7) is 2.04. The van der Waals surface area contributed by atoms with E-state index in [1.165, 1.54) is 12.8 Å². The molecule has 0 fully saturated rings. The zero-order valence-corrected chi connectivity index (χ0v) is 6.12. The Labute approximate surface area is 56.5 Å². The van der Waals surface area contributed by atoms with Gasteiger partial charge in [-0.15, -0.1) is 11.6 Å². The van der Waals surface area contributed by atoms with E-state index in [9.17, 15) is 0 Å². The number of halogens is 1. The monoisotopic (exact) mass is 132 g/mol. The third-order valence-corrected chi connectivity index (χ3v) is 1.26. The van der Waals surface area contributed by atoms with Crippen molar-refractivity contribution in [2.45, 2.75) is 26.2 Å². The molecule has 0 aliphatic rings. The molecule has 0 rings (SSSR count). The van der Waals surface area contributed by atoms with Gasteiger partial charge in [0.2, 0.25) is 0 Å². The van der Waals surface area contributed by atoms with E-state index in [0.29, 0.717) is 0 Å². The predicted molar refractivity (Wildman–Crippen MR) is 39.4 cm³/mol. The van der Waals surface area contributed by atoms with Gasteiger partial charge >= 0.3 is 0 Å². The van der Waals surface area contributed by atoms with Gasteiger partial charge in [-0.05, 0) is 26.2 Å². The molecule has 0 bridgehead atoms. The maximum Gasteiger partial charge on any atom is 0.0223 e. The molecule has 0 aliphatic carbocycles. The van der Waals surface area contributed by atoms with Crippen LogP contribution in [0.15, 0.2) is 12.2 Å². The number of hydrogen-bond donors (Lipinski definition) is 0. The van der Waals surface area contributed by atoms with Gasteiger partial charge in [0.1, 0.15) is 0 Å². The Morgan fingerprint density at radius 1 is 1.38 bits per heavy atom. The first kappa shape index (κ1) is 8.03. The van der Waals surface area contributed by atoms with Crippen LogP contribution in [0.2, 0.25) is 0 Å². The zero-order chi connectivity index (χ0) is 6.24. The summed E-state index contributed by atoms with van der Waals surface area (Å²) in [4.78, 5) is 0. The summed E-state index contributed by atoms with van der Waals surface area (Å²) in [5.41, 5.74) is 0. The Bertz CT molecular complexity index is 57.4. The van der Waals surface area contributed by atoms with Crippen molar-refractivity contribution in [1.82, 2.24) is 0 Å². The number of allylic oxidation sites excluding steroid dienone is 2. The third-order valence-electron chi connectivity index (χ3n) is 0.990. The fraction of sp³-hybridized carbons (Fsp3) is 0.714. The van der Waals surface area contributed by atoms with E-state index in [1.54, 1.807) is 0 Å². The fourth-order valence-corrected chi connectivity index (χ4v) is 0.712. The van der Waals surface area contributed by atoms with Gasteiger partial charge in [0.05, 0.1) is 0 Å². The number of unbranched alkanes of at least 4 members (excludes halogenated alkanes) is 2. The molecule has 1 heteroatoms. The summed E-state index contributed by atoms with van der Waals surface area (Å²) in [5.74, 6) is 0.803. The summed E-state index contributed by atoms with van der Waals surface area (Å²) in [7, 11) is 0. The minimum atomic E-state index is 0.803. The van der Waals surface area contributed by atoms with E-state index in [-0.39, 0.29) is 0 Å². The Balaban J connectivity index is 2.72. The summed E-state index contributed by atoms with van der Waals surface area (Å²) in [6, 6.07) is 0. The predicted octanol–water partition coefficient (Wildman–Crippen LogP) is 2.97. The van der Waals surface area contributed by atoms with Crippen LogP contribution in [0.5, 0.6) is 0 Å². The van der Waals surface area contributed by atoms with Gasteiger partial charge in [-0.3, -0.25) is 0 Å². The van der Waals surface area contributed by atoms with Gasteiger partial charge in [-0.1, -0.05) is 12.2 Å². The lowest BCUT2D eigenvalue weighted by molar-refractivity contribution is 0.819. The van der Waals surface area contributed by atoms with Crippen molar-refractivity contribution >= 4 is 11.6 Å². The molecule has 0 saturated carbocycles. The second-order valence-electron chi connectivity index (χ2n) is 1.75. The van der Waals surface area contributed by atoms with E-state index in [1.807, 2.05) is 6.92 Å². The lowest BCUT2D eigenvalue weighted by Gasteiger charge is -1.87. The van der Waals surface area contributed by atoms with Crippen molar-refractivity contribution in [1.29, 1.82) is 0 Å². The summed E-state index contributed by atoms with van der Waals surface area (Å²) < 4.78 is 0. The van der Waals surface area contributed by atoms with Crippen LogP contribution in [-0.2, 0) is 0 Å². The number of alkyl halides is 1. The van der Waals surface area contributed by atoms with E-state index in [0.717, 1.165) is 12.3 Å². The second kappa shape index (κ2) is 7.03. The van der Waals surface area contributed by atoms with Gasteiger partial charge in [0, 0.05) is 5.88 Å². The maximum atomic E-state index is 5.46. The van der Waals surface area contributed by atoms with Crippen molar-refractivity contribution in [3.63, 3.8) is 0 Å². The van der Waals surface area contributed by atoms with Crippen molar-refractivity contribution in [3.8, 4) is 0 Å². The Morgan fingerprint density at radius 2 is 2.12 bits per heavy atom. The molecule has 0 aliphatic heterocycles. The molecule has 0 aromatic heterocycles. The van der Waals surface area contributed by atoms with E-state index >= 15 is 0 Å². The molecule has 0 spiro atoms. The van der Waals surface area contributed by atoms with Crippen molar-refractivity contribution in [3.05, 3.63) is 12.2 Å². The van der Waals surface area contributed by atoms with Crippen molar-refractivity contribution in [2.75, 3.05) is 5.88 Å². The van der Waals surface area contributed by atoms with Gasteiger partial charge in [0.25, 0.3) is 0 Å². The molecule has 0 amide bonds. The Morgan fingerprint density at radius 3 is 2.62 bits per heavy atom. The van der Waals surface area contributed by atoms with Crippen LogP contribution in [-0.4, -0.2) is 5.88 Å². The number of rotatable bonds is 4. The normalized spacial score (nSPS) is 10.8. The van der Waals surface area contributed by atoms with E-state index in [2.05, 4.69) is 12.2 Å². The highest BCUT2D eigenvalue weighted by atomic mass is 35.5. The highest BCUT2D eigenvalue weighted by molar-refractivity contribution is 6.17. The second-order valence-corrected chi connectivity index (χ2v) is 2.13. The largest absolute Gasteiger partial charge is 0.127 e. The Kier molecular flexibility index (Phi) is 7.06. The van der Waals surface area contributed by atoms with Crippen LogP contribution in [0.3, 0.4) is 0 Å². The van der Waals surface area contributed by atoms with Crippen LogP contribution in [0.1, 0.15) is 26.2 Å². The average molecular weight is 133 g/mol. The topological polar surface area (TPSA) is 0 Å². The fourth-order valence-electron chi connectivity index (χ4n) is 0.523. The van der Waals surface area contributed by atoms with Crippen LogP contribution in [0.4, 0.5) is 0 Å². The molecule has 0 aromatic rings. The first-order valence-electron chi connectivity index (χ1n) is 3.09. The molecule has 0 unspecified atom stereocenters. The van der Waals surface area contributed by atoms with Crippen molar-refractivity contribution < 1.29 is 0 Å². The lowest BCUT2D eigenvalue weighted by Crippen LogP contribution is -1.72. The SMILES string of the molecule is C/C=C/CCCCCl. The van der Waals surface area contributed by atoms with Crippen molar-refractivity contribution in [2.24, 2.45) is 0 Å². The van der Waals surface area contributed by atoms with Gasteiger partial charge in [-0.2, -0.15) is 0 Å². The van der Waals surface area contributed by atoms with Crippen LogP contribution < -0.4 is 0 Å². The molecule has 0 N–H and O–H groups in total. The molecular formula is C7H13Cl. The first-order valence-corrected chi connectivity index (χ1v) is 3.62. The highest BCUT2D eigenvalue weighted by Crippen LogP contribution is 1.97. The molecule has 0 radical (unpaired) electrons. The molecule has 0 atom stereocenters. The average Bonchev–Trinajstić information content (AvgIpc) is 1.81. The first-order chi connectivity index (χ1) is 3.91. The van der Waals surface area contributed by atoms with Crippen LogP contribution >= 0.6 is 11.6 Å². The summed E-state index contributed by atoms with van der Waals surface area (Å²) >= 11 is 5.46. The summed E-state index contributed by atoms with van der Waals surface area (Å²) in [5, 5.41) is 0. The lowest BCUT2D eigenvalue weighted by atomic mass is 10.2. The standard InChI is InChI=1S/C7H13Cl/c1-2-3-4-5-6-7-8/h2-3H,4-7H2,1H3/b3-2+. The van der Waals surface area contributed by atoms with E-state index < -0.39 is 0 Å². The molecule has 0 nitrogen and oxygen atoms in total. The molecule has 0 heterocycles. The zero-order valence-electron chi connectivity index (χ0n) is 5.36. The smallest absolute Gasteiger partial charge is 0.0223 e. The van der Waals surface area contributed by atoms with Gasteiger partial charge in [0.15, 0.2) is 0 Å². The van der Waals surface area contributed by atoms with Gasteiger partial charge < -0.3 is 0 Å². The number of hydrogen-bond acceptors (Lipinski definition) is 0. The maximum absolute atomic E-state index is 5.46. The highest BCUT2D eigenvalue weighted by Gasteiger charge is 1.79. The van der Waals surface area contributed by atoms with Gasteiger partial charge in [-0.25, -0.2) is 0 Å². The third kappa shape index (κ3) is 6.03. The minimum absolute atomic E-state index is 0.803. The Hall–Kier alpha value is 0.0300. The molecule has 48 valence electrons. The quantitative estimate of drug-likeness (QED) is 0.314. The van der Waals surface area contributed by atoms with Crippen LogP contribution in [0, 0.1) is 0 Å². The summed E-state index contributed by atoms with van der Waals surface area (Å²) in [6.07, 6.45) is 7.81. The molecule has 0 aromatic carbocycles. The van der Waals surface area contributed by atoms with Crippen LogP contribution in [0.25, 0.3) is 0 Å². The minimum Gasteiger partial charge on any atom is -0.127 e. The molecular weight excluding hydrogens is 120 g/mol. The molecule has 8 heavy (non-hydrogen) atoms. The van der Waals surface area contributed by atoms with E-state index in [4.69, 9.17) is 11.6 Å². The molecule has 0 saturated heterocycles.